The number of nitrogens with zero attached hydrogens (tertiary/aromatic N) is 1. The lowest BCUT2D eigenvalue weighted by Crippen LogP contribution is -2.13. The molecule has 5 N–H and O–H groups in total. The summed E-state index contributed by atoms with van der Waals surface area (Å²) in [4.78, 5) is 11.4. The highest BCUT2D eigenvalue weighted by atomic mass is 16.1. The van der Waals surface area contributed by atoms with E-state index in [1.54, 1.807) is 12.3 Å². The fourth-order valence-corrected chi connectivity index (χ4v) is 2.90. The largest absolute Gasteiger partial charge is 0.366 e. The fraction of sp³-hybridized carbons (Fsp3) is 0.150. The van der Waals surface area contributed by atoms with E-state index in [-0.39, 0.29) is 0 Å². The molecule has 1 radical (unpaired) electrons. The van der Waals surface area contributed by atoms with Gasteiger partial charge in [0.25, 0.3) is 0 Å². The van der Waals surface area contributed by atoms with Gasteiger partial charge in [0.05, 0.1) is 6.20 Å². The molecule has 0 fully saturated rings. The molecule has 1 heterocycles. The highest BCUT2D eigenvalue weighted by Gasteiger charge is 2.14. The number of carbonyl (C=O) groups is 1. The molecule has 3 rings (SSSR count). The number of H-pyrrole nitrogens is 1. The van der Waals surface area contributed by atoms with Gasteiger partial charge in [-0.2, -0.15) is 5.10 Å². The molecule has 127 valence electrons. The molecule has 0 atom stereocenters. The number of aromatic amines is 1. The quantitative estimate of drug-likeness (QED) is 0.620. The van der Waals surface area contributed by atoms with Gasteiger partial charge in [-0.15, -0.1) is 0 Å². The third kappa shape index (κ3) is 4.14. The minimum atomic E-state index is -0.410. The van der Waals surface area contributed by atoms with E-state index in [9.17, 15) is 4.79 Å². The Morgan fingerprint density at radius 1 is 1.04 bits per heavy atom. The van der Waals surface area contributed by atoms with E-state index in [1.165, 1.54) is 5.92 Å². The van der Waals surface area contributed by atoms with Gasteiger partial charge in [0.2, 0.25) is 5.91 Å². The lowest BCUT2D eigenvalue weighted by Gasteiger charge is -2.17. The van der Waals surface area contributed by atoms with Gasteiger partial charge in [-0.1, -0.05) is 36.4 Å². The molecule has 0 spiro atoms. The zero-order chi connectivity index (χ0) is 17.6. The van der Waals surface area contributed by atoms with Crippen LogP contribution in [0.15, 0.2) is 60.9 Å². The van der Waals surface area contributed by atoms with Gasteiger partial charge in [-0.05, 0) is 48.2 Å². The Morgan fingerprint density at radius 2 is 1.84 bits per heavy atom. The Balaban J connectivity index is 1.81. The van der Waals surface area contributed by atoms with Crippen molar-refractivity contribution in [3.8, 4) is 11.1 Å². The number of hydrogen-bond acceptors (Lipinski definition) is 3. The van der Waals surface area contributed by atoms with Crippen LogP contribution in [0.5, 0.6) is 0 Å². The van der Waals surface area contributed by atoms with Crippen molar-refractivity contribution in [2.24, 2.45) is 11.5 Å². The van der Waals surface area contributed by atoms with Crippen LogP contribution in [0.25, 0.3) is 11.1 Å². The SMILES string of the molecule is NCC[C](Cc1cccc(C(N)=O)c1)c1ccc(-c2cn[nH]c2)cc1. The van der Waals surface area contributed by atoms with E-state index in [4.69, 9.17) is 11.5 Å². The summed E-state index contributed by atoms with van der Waals surface area (Å²) in [5.41, 5.74) is 16.1. The summed E-state index contributed by atoms with van der Waals surface area (Å²) in [6.07, 6.45) is 5.21. The first-order chi connectivity index (χ1) is 12.2. The van der Waals surface area contributed by atoms with E-state index in [0.717, 1.165) is 35.1 Å². The molecule has 0 bridgehead atoms. The number of rotatable bonds is 7. The van der Waals surface area contributed by atoms with Crippen LogP contribution in [-0.2, 0) is 6.42 Å². The van der Waals surface area contributed by atoms with E-state index >= 15 is 0 Å². The lowest BCUT2D eigenvalue weighted by molar-refractivity contribution is 0.1000. The standard InChI is InChI=1S/C20H21N4O/c21-9-8-17(10-14-2-1-3-18(11-14)20(22)25)15-4-6-16(7-5-15)19-12-23-24-13-19/h1-7,11-13H,8-10,21H2,(H2,22,25)(H,23,24). The maximum absolute atomic E-state index is 11.4. The molecule has 0 unspecified atom stereocenters. The molecular weight excluding hydrogens is 312 g/mol. The zero-order valence-electron chi connectivity index (χ0n) is 13.9. The van der Waals surface area contributed by atoms with Gasteiger partial charge in [-0.25, -0.2) is 0 Å². The van der Waals surface area contributed by atoms with Gasteiger partial charge in [0.1, 0.15) is 0 Å². The van der Waals surface area contributed by atoms with Crippen LogP contribution in [0.4, 0.5) is 0 Å². The summed E-state index contributed by atoms with van der Waals surface area (Å²) >= 11 is 0. The van der Waals surface area contributed by atoms with Crippen molar-refractivity contribution >= 4 is 5.91 Å². The molecule has 1 aromatic heterocycles. The second-order valence-corrected chi connectivity index (χ2v) is 5.95. The second kappa shape index (κ2) is 7.77. The van der Waals surface area contributed by atoms with E-state index in [2.05, 4.69) is 34.5 Å². The normalized spacial score (nSPS) is 11.0. The van der Waals surface area contributed by atoms with E-state index < -0.39 is 5.91 Å². The number of primary amides is 1. The van der Waals surface area contributed by atoms with Crippen molar-refractivity contribution in [2.45, 2.75) is 12.8 Å². The lowest BCUT2D eigenvalue weighted by atomic mass is 9.88. The molecule has 0 aliphatic heterocycles. The maximum atomic E-state index is 11.4. The monoisotopic (exact) mass is 333 g/mol. The summed E-state index contributed by atoms with van der Waals surface area (Å²) in [5.74, 6) is 0.828. The number of amides is 1. The number of benzene rings is 2. The van der Waals surface area contributed by atoms with Crippen LogP contribution < -0.4 is 11.5 Å². The van der Waals surface area contributed by atoms with Crippen LogP contribution in [0.1, 0.15) is 27.9 Å². The van der Waals surface area contributed by atoms with E-state index in [1.807, 2.05) is 24.4 Å². The Hall–Kier alpha value is -2.92. The fourth-order valence-electron chi connectivity index (χ4n) is 2.90. The molecule has 25 heavy (non-hydrogen) atoms. The average molecular weight is 333 g/mol. The number of hydrogen-bond donors (Lipinski definition) is 3. The molecule has 1 amide bonds. The maximum Gasteiger partial charge on any atom is 0.248 e. The van der Waals surface area contributed by atoms with Gasteiger partial charge in [-0.3, -0.25) is 9.89 Å². The summed E-state index contributed by atoms with van der Waals surface area (Å²) in [7, 11) is 0. The first-order valence-corrected chi connectivity index (χ1v) is 8.20. The predicted octanol–water partition coefficient (Wildman–Crippen LogP) is 2.69. The molecule has 0 aliphatic rings. The Labute approximate surface area is 147 Å². The van der Waals surface area contributed by atoms with Crippen molar-refractivity contribution in [3.63, 3.8) is 0 Å². The van der Waals surface area contributed by atoms with Gasteiger partial charge in [0.15, 0.2) is 0 Å². The summed E-state index contributed by atoms with van der Waals surface area (Å²) in [5, 5.41) is 6.80. The molecule has 5 nitrogen and oxygen atoms in total. The highest BCUT2D eigenvalue weighted by Crippen LogP contribution is 2.26. The van der Waals surface area contributed by atoms with Crippen molar-refractivity contribution in [1.82, 2.24) is 10.2 Å². The summed E-state index contributed by atoms with van der Waals surface area (Å²) in [6, 6.07) is 15.8. The number of carbonyl (C=O) groups excluding carboxylic acids is 1. The van der Waals surface area contributed by atoms with Crippen molar-refractivity contribution in [3.05, 3.63) is 83.5 Å². The molecular formula is C20H21N4O. The predicted molar refractivity (Wildman–Crippen MR) is 98.7 cm³/mol. The van der Waals surface area contributed by atoms with Crippen LogP contribution >= 0.6 is 0 Å². The van der Waals surface area contributed by atoms with Crippen LogP contribution in [0.2, 0.25) is 0 Å². The number of aromatic nitrogens is 2. The third-order valence-corrected chi connectivity index (χ3v) is 4.20. The minimum absolute atomic E-state index is 0.410. The van der Waals surface area contributed by atoms with E-state index in [0.29, 0.717) is 12.1 Å². The first-order valence-electron chi connectivity index (χ1n) is 8.20. The molecule has 0 saturated heterocycles. The van der Waals surface area contributed by atoms with Crippen molar-refractivity contribution in [1.29, 1.82) is 0 Å². The number of nitrogens with two attached hydrogens (primary N) is 2. The topological polar surface area (TPSA) is 97.8 Å². The minimum Gasteiger partial charge on any atom is -0.366 e. The summed E-state index contributed by atoms with van der Waals surface area (Å²) in [6.45, 7) is 0.578. The molecule has 0 saturated carbocycles. The Kier molecular flexibility index (Phi) is 5.26. The Bertz CT molecular complexity index is 825. The van der Waals surface area contributed by atoms with Gasteiger partial charge < -0.3 is 11.5 Å². The molecule has 5 heteroatoms. The molecule has 3 aromatic rings. The van der Waals surface area contributed by atoms with Crippen molar-refractivity contribution < 1.29 is 4.79 Å². The average Bonchev–Trinajstić information content (AvgIpc) is 3.16. The Morgan fingerprint density at radius 3 is 2.48 bits per heavy atom. The highest BCUT2D eigenvalue weighted by molar-refractivity contribution is 5.92. The smallest absolute Gasteiger partial charge is 0.248 e. The molecule has 2 aromatic carbocycles. The zero-order valence-corrected chi connectivity index (χ0v) is 13.9. The van der Waals surface area contributed by atoms with Gasteiger partial charge >= 0.3 is 0 Å². The summed E-state index contributed by atoms with van der Waals surface area (Å²) < 4.78 is 0. The van der Waals surface area contributed by atoms with Crippen molar-refractivity contribution in [2.75, 3.05) is 6.54 Å². The second-order valence-electron chi connectivity index (χ2n) is 5.95. The van der Waals surface area contributed by atoms with Crippen LogP contribution in [-0.4, -0.2) is 22.6 Å². The van der Waals surface area contributed by atoms with Crippen LogP contribution in [0, 0.1) is 5.92 Å². The molecule has 0 aliphatic carbocycles. The number of nitrogens with one attached hydrogen (secondary N) is 1. The first kappa shape index (κ1) is 16.9. The van der Waals surface area contributed by atoms with Gasteiger partial charge in [0, 0.05) is 23.2 Å². The third-order valence-electron chi connectivity index (χ3n) is 4.20. The van der Waals surface area contributed by atoms with Crippen LogP contribution in [0.3, 0.4) is 0 Å².